The van der Waals surface area contributed by atoms with Gasteiger partial charge in [0.25, 0.3) is 0 Å². The number of anilines is 1. The van der Waals surface area contributed by atoms with E-state index in [0.29, 0.717) is 12.2 Å². The highest BCUT2D eigenvalue weighted by molar-refractivity contribution is 5.94. The third-order valence-electron chi connectivity index (χ3n) is 2.81. The molecule has 2 rings (SSSR count). The van der Waals surface area contributed by atoms with Crippen LogP contribution in [-0.2, 0) is 6.54 Å². The number of pyridine rings is 1. The molecule has 4 nitrogen and oxygen atoms in total. The van der Waals surface area contributed by atoms with Gasteiger partial charge in [-0.3, -0.25) is 4.98 Å². The zero-order chi connectivity index (χ0) is 13.8. The molecule has 0 aliphatic carbocycles. The number of benzene rings is 1. The Morgan fingerprint density at radius 1 is 1.26 bits per heavy atom. The van der Waals surface area contributed by atoms with Crippen LogP contribution in [0.3, 0.4) is 0 Å². The van der Waals surface area contributed by atoms with Crippen molar-refractivity contribution in [2.45, 2.75) is 20.4 Å². The number of nitrogens with one attached hydrogen (secondary N) is 1. The molecule has 0 aliphatic rings. The normalized spacial score (nSPS) is 10.2. The fourth-order valence-electron chi connectivity index (χ4n) is 1.87. The molecule has 2 N–H and O–H groups in total. The zero-order valence-electron chi connectivity index (χ0n) is 11.0. The molecule has 98 valence electrons. The molecule has 19 heavy (non-hydrogen) atoms. The summed E-state index contributed by atoms with van der Waals surface area (Å²) in [5, 5.41) is 12.3. The zero-order valence-corrected chi connectivity index (χ0v) is 11.0. The van der Waals surface area contributed by atoms with Crippen molar-refractivity contribution in [2.75, 3.05) is 5.32 Å². The van der Waals surface area contributed by atoms with Crippen LogP contribution < -0.4 is 5.32 Å². The van der Waals surface area contributed by atoms with Crippen molar-refractivity contribution in [3.8, 4) is 0 Å². The van der Waals surface area contributed by atoms with E-state index in [1.165, 1.54) is 0 Å². The molecule has 4 heteroatoms. The predicted molar refractivity (Wildman–Crippen MR) is 74.4 cm³/mol. The third-order valence-corrected chi connectivity index (χ3v) is 2.81. The van der Waals surface area contributed by atoms with Crippen LogP contribution in [-0.4, -0.2) is 16.1 Å². The van der Waals surface area contributed by atoms with Gasteiger partial charge in [-0.2, -0.15) is 0 Å². The lowest BCUT2D eigenvalue weighted by Crippen LogP contribution is -2.07. The Morgan fingerprint density at radius 2 is 2.05 bits per heavy atom. The van der Waals surface area contributed by atoms with E-state index in [1.54, 1.807) is 12.1 Å². The number of hydrogen-bond acceptors (Lipinski definition) is 3. The minimum Gasteiger partial charge on any atom is -0.478 e. The number of aromatic nitrogens is 1. The summed E-state index contributed by atoms with van der Waals surface area (Å²) >= 11 is 0. The number of carboxylic acid groups (broad SMARTS) is 1. The highest BCUT2D eigenvalue weighted by atomic mass is 16.4. The molecule has 2 aromatic rings. The smallest absolute Gasteiger partial charge is 0.337 e. The highest BCUT2D eigenvalue weighted by Gasteiger charge is 2.09. The van der Waals surface area contributed by atoms with Crippen LogP contribution in [0.2, 0.25) is 0 Å². The molecule has 0 unspecified atom stereocenters. The number of nitrogens with zero attached hydrogens (tertiary/aromatic N) is 1. The van der Waals surface area contributed by atoms with Crippen molar-refractivity contribution in [3.05, 3.63) is 58.9 Å². The average molecular weight is 256 g/mol. The number of aromatic carboxylic acids is 1. The predicted octanol–water partition coefficient (Wildman–Crippen LogP) is 3.01. The van der Waals surface area contributed by atoms with Crippen LogP contribution in [0.25, 0.3) is 0 Å². The average Bonchev–Trinajstić information content (AvgIpc) is 2.36. The first-order valence-corrected chi connectivity index (χ1v) is 6.06. The van der Waals surface area contributed by atoms with Gasteiger partial charge in [0.05, 0.1) is 17.8 Å². The topological polar surface area (TPSA) is 62.2 Å². The van der Waals surface area contributed by atoms with E-state index in [1.807, 2.05) is 38.1 Å². The number of rotatable bonds is 4. The quantitative estimate of drug-likeness (QED) is 0.882. The van der Waals surface area contributed by atoms with Gasteiger partial charge in [0, 0.05) is 11.4 Å². The van der Waals surface area contributed by atoms with Crippen LogP contribution >= 0.6 is 0 Å². The molecule has 0 fully saturated rings. The Balaban J connectivity index is 2.19. The van der Waals surface area contributed by atoms with Crippen LogP contribution in [0, 0.1) is 13.8 Å². The van der Waals surface area contributed by atoms with E-state index in [4.69, 9.17) is 5.11 Å². The Hall–Kier alpha value is -2.36. The van der Waals surface area contributed by atoms with Gasteiger partial charge in [-0.1, -0.05) is 12.1 Å². The first-order valence-electron chi connectivity index (χ1n) is 6.06. The van der Waals surface area contributed by atoms with Crippen LogP contribution in [0.15, 0.2) is 36.4 Å². The molecule has 1 aromatic heterocycles. The Bertz CT molecular complexity index is 609. The summed E-state index contributed by atoms with van der Waals surface area (Å²) in [5.41, 5.74) is 3.75. The van der Waals surface area contributed by atoms with Gasteiger partial charge in [0.2, 0.25) is 0 Å². The van der Waals surface area contributed by atoms with Gasteiger partial charge in [-0.15, -0.1) is 0 Å². The van der Waals surface area contributed by atoms with Crippen molar-refractivity contribution in [1.82, 2.24) is 4.98 Å². The maximum Gasteiger partial charge on any atom is 0.337 e. The second kappa shape index (κ2) is 5.52. The van der Waals surface area contributed by atoms with Gasteiger partial charge in [0.15, 0.2) is 0 Å². The Labute approximate surface area is 112 Å². The van der Waals surface area contributed by atoms with Crippen molar-refractivity contribution in [3.63, 3.8) is 0 Å². The molecular weight excluding hydrogens is 240 g/mol. The van der Waals surface area contributed by atoms with Gasteiger partial charge in [0.1, 0.15) is 0 Å². The van der Waals surface area contributed by atoms with Gasteiger partial charge in [-0.25, -0.2) is 4.79 Å². The summed E-state index contributed by atoms with van der Waals surface area (Å²) in [4.78, 5) is 15.5. The molecule has 0 saturated carbocycles. The van der Waals surface area contributed by atoms with E-state index in [9.17, 15) is 4.79 Å². The Morgan fingerprint density at radius 3 is 2.74 bits per heavy atom. The minimum absolute atomic E-state index is 0.276. The Kier molecular flexibility index (Phi) is 3.80. The maximum absolute atomic E-state index is 11.1. The molecule has 0 bridgehead atoms. The lowest BCUT2D eigenvalue weighted by molar-refractivity contribution is 0.0698. The first kappa shape index (κ1) is 13.1. The lowest BCUT2D eigenvalue weighted by Gasteiger charge is -2.10. The third kappa shape index (κ3) is 3.31. The molecule has 0 amide bonds. The fraction of sp³-hybridized carbons (Fsp3) is 0.200. The van der Waals surface area contributed by atoms with Crippen molar-refractivity contribution in [1.29, 1.82) is 0 Å². The summed E-state index contributed by atoms with van der Waals surface area (Å²) < 4.78 is 0. The summed E-state index contributed by atoms with van der Waals surface area (Å²) in [5.74, 6) is -0.931. The highest BCUT2D eigenvalue weighted by Crippen LogP contribution is 2.18. The van der Waals surface area contributed by atoms with Gasteiger partial charge >= 0.3 is 5.97 Å². The summed E-state index contributed by atoms with van der Waals surface area (Å²) in [7, 11) is 0. The van der Waals surface area contributed by atoms with E-state index in [2.05, 4.69) is 10.3 Å². The molecule has 0 spiro atoms. The first-order chi connectivity index (χ1) is 9.06. The van der Waals surface area contributed by atoms with Crippen LogP contribution in [0.1, 0.15) is 27.3 Å². The molecule has 0 radical (unpaired) electrons. The van der Waals surface area contributed by atoms with Crippen molar-refractivity contribution in [2.24, 2.45) is 0 Å². The summed E-state index contributed by atoms with van der Waals surface area (Å²) in [6, 6.07) is 11.0. The monoisotopic (exact) mass is 256 g/mol. The largest absolute Gasteiger partial charge is 0.478 e. The summed E-state index contributed by atoms with van der Waals surface area (Å²) in [6.45, 7) is 4.37. The lowest BCUT2D eigenvalue weighted by atomic mass is 10.1. The molecule has 0 atom stereocenters. The second-order valence-corrected chi connectivity index (χ2v) is 4.48. The van der Waals surface area contributed by atoms with E-state index in [0.717, 1.165) is 17.0 Å². The van der Waals surface area contributed by atoms with Gasteiger partial charge < -0.3 is 10.4 Å². The molecular formula is C15H16N2O2. The van der Waals surface area contributed by atoms with E-state index >= 15 is 0 Å². The molecule has 0 aliphatic heterocycles. The maximum atomic E-state index is 11.1. The van der Waals surface area contributed by atoms with Gasteiger partial charge in [-0.05, 0) is 43.7 Å². The molecule has 1 heterocycles. The van der Waals surface area contributed by atoms with Crippen molar-refractivity contribution < 1.29 is 9.90 Å². The number of carbonyl (C=O) groups is 1. The number of aryl methyl sites for hydroxylation is 2. The molecule has 1 aromatic carbocycles. The van der Waals surface area contributed by atoms with Crippen LogP contribution in [0.5, 0.6) is 0 Å². The minimum atomic E-state index is -0.931. The molecule has 0 saturated heterocycles. The number of carboxylic acids is 1. The SMILES string of the molecule is Cc1ccc(C(=O)O)c(NCc2cccc(C)n2)c1. The van der Waals surface area contributed by atoms with E-state index < -0.39 is 5.97 Å². The van der Waals surface area contributed by atoms with Crippen LogP contribution in [0.4, 0.5) is 5.69 Å². The number of hydrogen-bond donors (Lipinski definition) is 2. The summed E-state index contributed by atoms with van der Waals surface area (Å²) in [6.07, 6.45) is 0. The standard InChI is InChI=1S/C15H16N2O2/c1-10-6-7-13(15(18)19)14(8-10)16-9-12-5-3-4-11(2)17-12/h3-8,16H,9H2,1-2H3,(H,18,19). The second-order valence-electron chi connectivity index (χ2n) is 4.48. The van der Waals surface area contributed by atoms with Crippen molar-refractivity contribution >= 4 is 11.7 Å². The fourth-order valence-corrected chi connectivity index (χ4v) is 1.87. The van der Waals surface area contributed by atoms with E-state index in [-0.39, 0.29) is 5.56 Å².